The fraction of sp³-hybridized carbons (Fsp3) is 0.318. The van der Waals surface area contributed by atoms with Crippen LogP contribution in [0.4, 0.5) is 0 Å². The first kappa shape index (κ1) is 22.5. The second-order valence-electron chi connectivity index (χ2n) is 7.25. The topological polar surface area (TPSA) is 111 Å². The van der Waals surface area contributed by atoms with Gasteiger partial charge in [0.1, 0.15) is 0 Å². The van der Waals surface area contributed by atoms with Gasteiger partial charge in [-0.2, -0.15) is 9.57 Å². The van der Waals surface area contributed by atoms with Gasteiger partial charge < -0.3 is 10.2 Å². The Balaban J connectivity index is 1.76. The first-order valence-electron chi connectivity index (χ1n) is 10.0. The normalized spacial score (nSPS) is 14.5. The fourth-order valence-electron chi connectivity index (χ4n) is 3.35. The van der Waals surface area contributed by atoms with Crippen molar-refractivity contribution in [2.75, 3.05) is 26.2 Å². The number of benzene rings is 2. The summed E-state index contributed by atoms with van der Waals surface area (Å²) in [6.07, 6.45) is 0.769. The number of nitrogens with zero attached hydrogens (tertiary/aromatic N) is 3. The molecule has 162 valence electrons. The average molecular weight is 441 g/mol. The van der Waals surface area contributed by atoms with Crippen molar-refractivity contribution in [1.82, 2.24) is 14.5 Å². The van der Waals surface area contributed by atoms with Crippen LogP contribution < -0.4 is 5.32 Å². The van der Waals surface area contributed by atoms with Crippen LogP contribution in [0.15, 0.2) is 53.4 Å². The summed E-state index contributed by atoms with van der Waals surface area (Å²) in [7, 11) is -3.80. The van der Waals surface area contributed by atoms with E-state index in [1.807, 2.05) is 19.1 Å². The number of amides is 2. The van der Waals surface area contributed by atoms with E-state index < -0.39 is 10.0 Å². The molecule has 1 heterocycles. The van der Waals surface area contributed by atoms with Gasteiger partial charge in [0.15, 0.2) is 0 Å². The second-order valence-corrected chi connectivity index (χ2v) is 9.19. The Hall–Kier alpha value is -3.22. The van der Waals surface area contributed by atoms with Gasteiger partial charge in [-0.3, -0.25) is 9.59 Å². The SMILES string of the molecule is CCCN(Cc1ccc(C#N)cc1)C(=O)c1ccc(S(=O)(=O)N2CCNC(=O)C2)cc1. The fourth-order valence-corrected chi connectivity index (χ4v) is 4.75. The Morgan fingerprint density at radius 1 is 1.16 bits per heavy atom. The highest BCUT2D eigenvalue weighted by molar-refractivity contribution is 7.89. The predicted molar refractivity (Wildman–Crippen MR) is 114 cm³/mol. The molecule has 0 saturated carbocycles. The molecule has 0 aromatic heterocycles. The molecule has 0 unspecified atom stereocenters. The Morgan fingerprint density at radius 3 is 2.42 bits per heavy atom. The highest BCUT2D eigenvalue weighted by Crippen LogP contribution is 2.19. The van der Waals surface area contributed by atoms with Crippen LogP contribution >= 0.6 is 0 Å². The van der Waals surface area contributed by atoms with E-state index in [1.54, 1.807) is 17.0 Å². The van der Waals surface area contributed by atoms with Crippen molar-refractivity contribution in [2.24, 2.45) is 0 Å². The highest BCUT2D eigenvalue weighted by Gasteiger charge is 2.29. The van der Waals surface area contributed by atoms with Crippen LogP contribution in [0.1, 0.15) is 34.8 Å². The third kappa shape index (κ3) is 5.29. The molecule has 0 aliphatic carbocycles. The molecule has 0 atom stereocenters. The van der Waals surface area contributed by atoms with Crippen LogP contribution in [0.5, 0.6) is 0 Å². The van der Waals surface area contributed by atoms with Gasteiger partial charge in [0, 0.05) is 31.7 Å². The zero-order chi connectivity index (χ0) is 22.4. The number of nitrogens with one attached hydrogen (secondary N) is 1. The molecular weight excluding hydrogens is 416 g/mol. The van der Waals surface area contributed by atoms with E-state index in [-0.39, 0.29) is 36.3 Å². The number of sulfonamides is 1. The lowest BCUT2D eigenvalue weighted by molar-refractivity contribution is -0.122. The molecule has 1 N–H and O–H groups in total. The lowest BCUT2D eigenvalue weighted by Crippen LogP contribution is -2.49. The van der Waals surface area contributed by atoms with Crippen molar-refractivity contribution < 1.29 is 18.0 Å². The monoisotopic (exact) mass is 440 g/mol. The number of piperazine rings is 1. The maximum Gasteiger partial charge on any atom is 0.254 e. The molecule has 0 bridgehead atoms. The van der Waals surface area contributed by atoms with Crippen molar-refractivity contribution in [3.8, 4) is 6.07 Å². The smallest absolute Gasteiger partial charge is 0.254 e. The number of carbonyl (C=O) groups is 2. The molecule has 1 fully saturated rings. The molecule has 2 aromatic carbocycles. The Kier molecular flexibility index (Phi) is 7.05. The van der Waals surface area contributed by atoms with Crippen molar-refractivity contribution >= 4 is 21.8 Å². The largest absolute Gasteiger partial charge is 0.354 e. The summed E-state index contributed by atoms with van der Waals surface area (Å²) in [4.78, 5) is 26.3. The van der Waals surface area contributed by atoms with Crippen LogP contribution in [-0.2, 0) is 21.4 Å². The van der Waals surface area contributed by atoms with Gasteiger partial charge in [0.05, 0.1) is 23.1 Å². The van der Waals surface area contributed by atoms with E-state index in [0.717, 1.165) is 16.3 Å². The number of rotatable bonds is 7. The first-order valence-corrected chi connectivity index (χ1v) is 11.4. The summed E-state index contributed by atoms with van der Waals surface area (Å²) in [5, 5.41) is 11.5. The lowest BCUT2D eigenvalue weighted by atomic mass is 10.1. The second kappa shape index (κ2) is 9.73. The number of carbonyl (C=O) groups excluding carboxylic acids is 2. The molecular formula is C22H24N4O4S. The molecule has 0 spiro atoms. The van der Waals surface area contributed by atoms with Gasteiger partial charge in [0.2, 0.25) is 15.9 Å². The molecule has 9 heteroatoms. The quantitative estimate of drug-likeness (QED) is 0.705. The van der Waals surface area contributed by atoms with E-state index in [2.05, 4.69) is 11.4 Å². The maximum atomic E-state index is 13.0. The minimum atomic E-state index is -3.80. The van der Waals surface area contributed by atoms with E-state index in [1.165, 1.54) is 24.3 Å². The third-order valence-electron chi connectivity index (χ3n) is 4.98. The minimum absolute atomic E-state index is 0.0490. The Labute approximate surface area is 182 Å². The predicted octanol–water partition coefficient (Wildman–Crippen LogP) is 1.73. The maximum absolute atomic E-state index is 13.0. The van der Waals surface area contributed by atoms with Gasteiger partial charge in [-0.05, 0) is 48.4 Å². The van der Waals surface area contributed by atoms with Crippen LogP contribution in [0, 0.1) is 11.3 Å². The van der Waals surface area contributed by atoms with Crippen LogP contribution in [0.25, 0.3) is 0 Å². The van der Waals surface area contributed by atoms with Crippen LogP contribution in [0.2, 0.25) is 0 Å². The van der Waals surface area contributed by atoms with Gasteiger partial charge >= 0.3 is 0 Å². The van der Waals surface area contributed by atoms with Crippen LogP contribution in [-0.4, -0.2) is 55.6 Å². The molecule has 0 radical (unpaired) electrons. The van der Waals surface area contributed by atoms with Crippen molar-refractivity contribution in [3.63, 3.8) is 0 Å². The van der Waals surface area contributed by atoms with Crippen molar-refractivity contribution in [3.05, 3.63) is 65.2 Å². The number of hydrogen-bond acceptors (Lipinski definition) is 5. The highest BCUT2D eigenvalue weighted by atomic mass is 32.2. The van der Waals surface area contributed by atoms with Gasteiger partial charge in [-0.25, -0.2) is 8.42 Å². The lowest BCUT2D eigenvalue weighted by Gasteiger charge is -2.26. The standard InChI is InChI=1S/C22H24N4O4S/c1-2-12-25(15-18-5-3-17(14-23)4-6-18)22(28)19-7-9-20(10-8-19)31(29,30)26-13-11-24-21(27)16-26/h3-10H,2,11-13,15-16H2,1H3,(H,24,27). The van der Waals surface area contributed by atoms with Gasteiger partial charge in [-0.1, -0.05) is 19.1 Å². The van der Waals surface area contributed by atoms with Gasteiger partial charge in [-0.15, -0.1) is 0 Å². The molecule has 2 aromatic rings. The Bertz CT molecular complexity index is 1090. The molecule has 1 aliphatic rings. The zero-order valence-electron chi connectivity index (χ0n) is 17.2. The number of hydrogen-bond donors (Lipinski definition) is 1. The van der Waals surface area contributed by atoms with Crippen molar-refractivity contribution in [1.29, 1.82) is 5.26 Å². The zero-order valence-corrected chi connectivity index (χ0v) is 18.1. The summed E-state index contributed by atoms with van der Waals surface area (Å²) in [6.45, 7) is 3.18. The summed E-state index contributed by atoms with van der Waals surface area (Å²) in [5.74, 6) is -0.535. The van der Waals surface area contributed by atoms with Crippen molar-refractivity contribution in [2.45, 2.75) is 24.8 Å². The summed E-state index contributed by atoms with van der Waals surface area (Å²) < 4.78 is 26.7. The molecule has 1 saturated heterocycles. The van der Waals surface area contributed by atoms with E-state index >= 15 is 0 Å². The van der Waals surface area contributed by atoms with E-state index in [9.17, 15) is 18.0 Å². The third-order valence-corrected chi connectivity index (χ3v) is 6.84. The van der Waals surface area contributed by atoms with E-state index in [0.29, 0.717) is 24.2 Å². The molecule has 31 heavy (non-hydrogen) atoms. The van der Waals surface area contributed by atoms with Crippen LogP contribution in [0.3, 0.4) is 0 Å². The van der Waals surface area contributed by atoms with Gasteiger partial charge in [0.25, 0.3) is 5.91 Å². The average Bonchev–Trinajstić information content (AvgIpc) is 2.79. The molecule has 8 nitrogen and oxygen atoms in total. The Morgan fingerprint density at radius 2 is 1.84 bits per heavy atom. The molecule has 3 rings (SSSR count). The van der Waals surface area contributed by atoms with E-state index in [4.69, 9.17) is 5.26 Å². The molecule has 2 amide bonds. The summed E-state index contributed by atoms with van der Waals surface area (Å²) in [6, 6.07) is 14.9. The minimum Gasteiger partial charge on any atom is -0.354 e. The number of nitriles is 1. The molecule has 1 aliphatic heterocycles. The first-order chi connectivity index (χ1) is 14.8. The summed E-state index contributed by atoms with van der Waals surface area (Å²) >= 11 is 0. The summed E-state index contributed by atoms with van der Waals surface area (Å²) in [5.41, 5.74) is 1.85.